The Morgan fingerprint density at radius 2 is 1.86 bits per heavy atom. The van der Waals surface area contributed by atoms with Gasteiger partial charge in [0.15, 0.2) is 5.17 Å². The number of hydrogen-bond donors (Lipinski definition) is 1. The highest BCUT2D eigenvalue weighted by Gasteiger charge is 2.37. The number of amidine groups is 1. The predicted molar refractivity (Wildman–Crippen MR) is 87.3 cm³/mol. The van der Waals surface area contributed by atoms with Crippen molar-refractivity contribution in [2.45, 2.75) is 12.4 Å². The van der Waals surface area contributed by atoms with Crippen LogP contribution in [0.2, 0.25) is 0 Å². The largest absolute Gasteiger partial charge is 0.466 e. The van der Waals surface area contributed by atoms with E-state index in [0.717, 1.165) is 13.2 Å². The maximum absolute atomic E-state index is 13.0. The summed E-state index contributed by atoms with van der Waals surface area (Å²) in [4.78, 5) is 22.6. The van der Waals surface area contributed by atoms with Crippen molar-refractivity contribution in [1.29, 1.82) is 0 Å². The third-order valence-corrected chi connectivity index (χ3v) is 4.03. The highest BCUT2D eigenvalue weighted by atomic mass is 32.2. The maximum Gasteiger partial charge on any atom is 0.417 e. The second-order valence-corrected chi connectivity index (χ2v) is 6.07. The topological polar surface area (TPSA) is 80.1 Å². The predicted octanol–water partition coefficient (Wildman–Crippen LogP) is 3.33. The van der Waals surface area contributed by atoms with Gasteiger partial charge in [0.25, 0.3) is 5.91 Å². The molecule has 1 saturated heterocycles. The van der Waals surface area contributed by atoms with Gasteiger partial charge < -0.3 is 4.74 Å². The van der Waals surface area contributed by atoms with Crippen LogP contribution in [0.15, 0.2) is 39.4 Å². The summed E-state index contributed by atoms with van der Waals surface area (Å²) in [7, 11) is 1.10. The molecule has 1 amide bonds. The smallest absolute Gasteiger partial charge is 0.417 e. The van der Waals surface area contributed by atoms with Crippen molar-refractivity contribution >= 4 is 35.0 Å². The number of benzene rings is 1. The Kier molecular flexibility index (Phi) is 6.17. The van der Waals surface area contributed by atoms with Gasteiger partial charge in [-0.05, 0) is 23.9 Å². The van der Waals surface area contributed by atoms with E-state index >= 15 is 0 Å². The van der Waals surface area contributed by atoms with Gasteiger partial charge in [-0.25, -0.2) is 4.79 Å². The van der Waals surface area contributed by atoms with Gasteiger partial charge in [-0.2, -0.15) is 31.4 Å². The Hall–Kier alpha value is -2.83. The van der Waals surface area contributed by atoms with E-state index in [1.165, 1.54) is 0 Å². The minimum absolute atomic E-state index is 0.0300. The number of nitrogens with zero attached hydrogens (tertiary/aromatic N) is 2. The molecule has 1 heterocycles. The van der Waals surface area contributed by atoms with E-state index in [4.69, 9.17) is 0 Å². The monoisotopic (exact) mass is 425 g/mol. The van der Waals surface area contributed by atoms with E-state index in [2.05, 4.69) is 20.3 Å². The molecule has 1 aromatic rings. The lowest BCUT2D eigenvalue weighted by molar-refractivity contribution is -0.143. The molecular formula is C15H9F6N3O3S. The highest BCUT2D eigenvalue weighted by molar-refractivity contribution is 8.18. The van der Waals surface area contributed by atoms with E-state index in [9.17, 15) is 35.9 Å². The number of methoxy groups -OCH3 is 1. The van der Waals surface area contributed by atoms with Gasteiger partial charge in [-0.15, -0.1) is 5.10 Å². The Balaban J connectivity index is 2.27. The number of nitrogens with one attached hydrogen (secondary N) is 1. The molecule has 0 aromatic heterocycles. The summed E-state index contributed by atoms with van der Waals surface area (Å²) in [5.74, 6) is -1.50. The third-order valence-electron chi connectivity index (χ3n) is 3.13. The fourth-order valence-electron chi connectivity index (χ4n) is 1.88. The summed E-state index contributed by atoms with van der Waals surface area (Å²) in [6.07, 6.45) is -8.51. The zero-order chi connectivity index (χ0) is 21.1. The van der Waals surface area contributed by atoms with Gasteiger partial charge in [-0.3, -0.25) is 10.1 Å². The first-order chi connectivity index (χ1) is 12.9. The fraction of sp³-hybridized carbons (Fsp3) is 0.200. The van der Waals surface area contributed by atoms with Crippen molar-refractivity contribution in [2.24, 2.45) is 10.2 Å². The van der Waals surface area contributed by atoms with Crippen LogP contribution >= 0.6 is 11.8 Å². The minimum atomic E-state index is -5.05. The number of carbonyl (C=O) groups excluding carboxylic acids is 2. The molecule has 0 saturated carbocycles. The van der Waals surface area contributed by atoms with Crippen LogP contribution in [0.25, 0.3) is 0 Å². The number of carbonyl (C=O) groups is 2. The highest BCUT2D eigenvalue weighted by Crippen LogP contribution is 2.36. The average Bonchev–Trinajstić information content (AvgIpc) is 2.92. The number of amides is 1. The molecule has 1 aliphatic heterocycles. The number of ether oxygens (including phenoxy) is 1. The summed E-state index contributed by atoms with van der Waals surface area (Å²) < 4.78 is 81.3. The number of halogens is 6. The molecule has 28 heavy (non-hydrogen) atoms. The van der Waals surface area contributed by atoms with Crippen molar-refractivity contribution in [2.75, 3.05) is 7.11 Å². The Labute approximate surface area is 157 Å². The molecule has 1 N–H and O–H groups in total. The van der Waals surface area contributed by atoms with Crippen molar-refractivity contribution in [3.05, 3.63) is 45.9 Å². The van der Waals surface area contributed by atoms with Gasteiger partial charge in [0.05, 0.1) is 29.4 Å². The number of rotatable bonds is 3. The van der Waals surface area contributed by atoms with Gasteiger partial charge >= 0.3 is 18.3 Å². The number of esters is 1. The number of alkyl halides is 6. The minimum Gasteiger partial charge on any atom is -0.466 e. The molecule has 1 aliphatic rings. The molecule has 13 heteroatoms. The van der Waals surface area contributed by atoms with Crippen LogP contribution in [-0.2, 0) is 26.7 Å². The average molecular weight is 425 g/mol. The SMILES string of the molecule is COC(=O)/C=C1/S/C(=N\N=Cc2ccc(C(F)(F)F)cc2C(F)(F)F)NC1=O. The third kappa shape index (κ3) is 5.34. The molecule has 0 spiro atoms. The van der Waals surface area contributed by atoms with Crippen LogP contribution in [0, 0.1) is 0 Å². The van der Waals surface area contributed by atoms with Crippen LogP contribution in [0.3, 0.4) is 0 Å². The molecule has 1 aromatic carbocycles. The lowest BCUT2D eigenvalue weighted by Crippen LogP contribution is -2.19. The summed E-state index contributed by atoms with van der Waals surface area (Å²) in [5, 5.41) is 8.91. The normalized spacial score (nSPS) is 18.2. The maximum atomic E-state index is 13.0. The van der Waals surface area contributed by atoms with Gasteiger partial charge in [0.2, 0.25) is 0 Å². The van der Waals surface area contributed by atoms with E-state index in [1.807, 2.05) is 0 Å². The molecule has 0 bridgehead atoms. The van der Waals surface area contributed by atoms with Gasteiger partial charge in [0, 0.05) is 11.6 Å². The Morgan fingerprint density at radius 1 is 1.18 bits per heavy atom. The molecular weight excluding hydrogens is 416 g/mol. The van der Waals surface area contributed by atoms with Crippen molar-refractivity contribution < 1.29 is 40.7 Å². The molecule has 0 atom stereocenters. The van der Waals surface area contributed by atoms with E-state index in [0.29, 0.717) is 30.1 Å². The van der Waals surface area contributed by atoms with Crippen LogP contribution in [0.1, 0.15) is 16.7 Å². The van der Waals surface area contributed by atoms with Crippen LogP contribution in [0.5, 0.6) is 0 Å². The van der Waals surface area contributed by atoms with E-state index in [-0.39, 0.29) is 16.1 Å². The molecule has 1 fully saturated rings. The first-order valence-electron chi connectivity index (χ1n) is 7.10. The standard InChI is InChI=1S/C15H9F6N3O3S/c1-27-11(25)5-10-12(26)23-13(28-10)24-22-6-7-2-3-8(14(16,17)18)4-9(7)15(19,20)21/h2-6H,1H3,(H,23,24,26)/b10-5+,22-6?. The summed E-state index contributed by atoms with van der Waals surface area (Å²) in [6, 6.07) is 1.06. The molecule has 2 rings (SSSR count). The second kappa shape index (κ2) is 8.04. The lowest BCUT2D eigenvalue weighted by atomic mass is 10.0. The zero-order valence-corrected chi connectivity index (χ0v) is 14.5. The van der Waals surface area contributed by atoms with Gasteiger partial charge in [-0.1, -0.05) is 6.07 Å². The second-order valence-electron chi connectivity index (χ2n) is 5.04. The molecule has 0 radical (unpaired) electrons. The molecule has 0 unspecified atom stereocenters. The number of thioether (sulfide) groups is 1. The van der Waals surface area contributed by atoms with E-state index in [1.54, 1.807) is 0 Å². The Bertz CT molecular complexity index is 890. The van der Waals surface area contributed by atoms with Gasteiger partial charge in [0.1, 0.15) is 0 Å². The zero-order valence-electron chi connectivity index (χ0n) is 13.7. The molecule has 0 aliphatic carbocycles. The van der Waals surface area contributed by atoms with Crippen LogP contribution < -0.4 is 5.32 Å². The van der Waals surface area contributed by atoms with Crippen LogP contribution in [0.4, 0.5) is 26.3 Å². The van der Waals surface area contributed by atoms with E-state index < -0.39 is 40.9 Å². The lowest BCUT2D eigenvalue weighted by Gasteiger charge is -2.13. The fourth-order valence-corrected chi connectivity index (χ4v) is 2.61. The van der Waals surface area contributed by atoms with Crippen molar-refractivity contribution in [3.8, 4) is 0 Å². The number of hydrogen-bond acceptors (Lipinski definition) is 6. The quantitative estimate of drug-likeness (QED) is 0.265. The first-order valence-corrected chi connectivity index (χ1v) is 7.92. The van der Waals surface area contributed by atoms with Crippen molar-refractivity contribution in [1.82, 2.24) is 5.32 Å². The Morgan fingerprint density at radius 3 is 2.43 bits per heavy atom. The van der Waals surface area contributed by atoms with Crippen molar-refractivity contribution in [3.63, 3.8) is 0 Å². The van der Waals surface area contributed by atoms with Crippen LogP contribution in [-0.4, -0.2) is 30.4 Å². The summed E-state index contributed by atoms with van der Waals surface area (Å²) >= 11 is 0.678. The molecule has 6 nitrogen and oxygen atoms in total. The summed E-state index contributed by atoms with van der Waals surface area (Å²) in [5.41, 5.74) is -3.65. The first kappa shape index (κ1) is 21.5. The summed E-state index contributed by atoms with van der Waals surface area (Å²) in [6.45, 7) is 0. The molecule has 150 valence electrons.